The van der Waals surface area contributed by atoms with Crippen LogP contribution in [0.2, 0.25) is 0 Å². The molecule has 0 bridgehead atoms. The predicted molar refractivity (Wildman–Crippen MR) is 99.1 cm³/mol. The Morgan fingerprint density at radius 3 is 1.15 bits per heavy atom. The molecule has 3 aromatic heterocycles. The van der Waals surface area contributed by atoms with Crippen molar-refractivity contribution in [2.75, 3.05) is 0 Å². The minimum atomic E-state index is -1.26. The van der Waals surface area contributed by atoms with E-state index in [1.807, 2.05) is 20.8 Å². The van der Waals surface area contributed by atoms with Gasteiger partial charge in [-0.2, -0.15) is 0 Å². The summed E-state index contributed by atoms with van der Waals surface area (Å²) in [6.07, 6.45) is 0. The number of aliphatic carboxylic acids is 1. The van der Waals surface area contributed by atoms with E-state index < -0.39 is 13.1 Å². The summed E-state index contributed by atoms with van der Waals surface area (Å²) in [6, 6.07) is 6.28. The number of nitrogens with zero attached hydrogens (tertiary/aromatic N) is 6. The molecule has 1 radical (unpaired) electrons. The molecule has 0 aromatic carbocycles. The second-order valence-electron chi connectivity index (χ2n) is 6.70. The average Bonchev–Trinajstić information content (AvgIpc) is 3.10. The third-order valence-corrected chi connectivity index (χ3v) is 4.11. The van der Waals surface area contributed by atoms with Crippen molar-refractivity contribution >= 4 is 13.1 Å². The van der Waals surface area contributed by atoms with E-state index in [4.69, 9.17) is 25.2 Å². The van der Waals surface area contributed by atoms with Gasteiger partial charge in [-0.25, -0.2) is 15.3 Å². The van der Waals surface area contributed by atoms with Crippen molar-refractivity contribution in [3.8, 4) is 0 Å². The summed E-state index contributed by atoms with van der Waals surface area (Å²) in [5, 5.41) is 23.0. The van der Waals surface area contributed by atoms with Crippen molar-refractivity contribution in [1.82, 2.24) is 29.1 Å². The quantitative estimate of drug-likeness (QED) is 0.583. The molecule has 0 fully saturated rings. The van der Waals surface area contributed by atoms with Crippen molar-refractivity contribution in [3.63, 3.8) is 0 Å². The van der Waals surface area contributed by atoms with Crippen molar-refractivity contribution in [2.24, 2.45) is 0 Å². The molecule has 0 unspecified atom stereocenters. The summed E-state index contributed by atoms with van der Waals surface area (Å²) in [4.78, 5) is 8.89. The molecule has 0 aliphatic carbocycles. The zero-order valence-electron chi connectivity index (χ0n) is 16.8. The molecule has 0 aliphatic heterocycles. The van der Waals surface area contributed by atoms with Crippen LogP contribution >= 0.6 is 0 Å². The number of aryl methyl sites for hydroxylation is 6. The standard InChI is InChI=1S/C15H22BN6.C2H4O2.Co/c1-10-7-13(4)20(17-10)16(21-14(5)8-11(2)18-21)22-15(6)9-12(3)19-22;1-2(3)4;/h7-9,16H,1-6H3;1H3,(H,3,4);/q-1;;+2/p-1. The van der Waals surface area contributed by atoms with E-state index in [2.05, 4.69) is 52.7 Å². The molecule has 3 aromatic rings. The van der Waals surface area contributed by atoms with E-state index in [9.17, 15) is 0 Å². The van der Waals surface area contributed by atoms with Crippen LogP contribution in [0.4, 0.5) is 0 Å². The third kappa shape index (κ3) is 5.33. The molecule has 0 saturated heterocycles. The summed E-state index contributed by atoms with van der Waals surface area (Å²) in [5.74, 6) is -1.08. The first-order chi connectivity index (χ1) is 12.1. The topological polar surface area (TPSA) is 93.6 Å². The molecule has 27 heavy (non-hydrogen) atoms. The molecular weight excluding hydrogens is 390 g/mol. The van der Waals surface area contributed by atoms with Gasteiger partial charge < -0.3 is 23.7 Å². The van der Waals surface area contributed by atoms with Crippen molar-refractivity contribution < 1.29 is 26.7 Å². The summed E-state index contributed by atoms with van der Waals surface area (Å²) >= 11 is 0. The molecule has 0 spiro atoms. The van der Waals surface area contributed by atoms with Gasteiger partial charge in [0.05, 0.1) is 17.1 Å². The fourth-order valence-corrected chi connectivity index (χ4v) is 3.26. The number of hydrogen-bond acceptors (Lipinski definition) is 5. The summed E-state index contributed by atoms with van der Waals surface area (Å²) in [7, 11) is -1.26. The number of hydrogen-bond donors (Lipinski definition) is 0. The maximum Gasteiger partial charge on any atom is 2.00 e. The van der Waals surface area contributed by atoms with E-state index in [0.29, 0.717) is 0 Å². The zero-order valence-corrected chi connectivity index (χ0v) is 17.8. The van der Waals surface area contributed by atoms with E-state index in [1.54, 1.807) is 0 Å². The van der Waals surface area contributed by atoms with Crippen LogP contribution in [0.3, 0.4) is 0 Å². The third-order valence-electron chi connectivity index (χ3n) is 4.11. The van der Waals surface area contributed by atoms with Gasteiger partial charge in [0.25, 0.3) is 0 Å². The molecule has 3 rings (SSSR count). The monoisotopic (exact) mass is 415 g/mol. The average molecular weight is 415 g/mol. The normalized spacial score (nSPS) is 10.4. The van der Waals surface area contributed by atoms with Gasteiger partial charge in [0.15, 0.2) is 0 Å². The van der Waals surface area contributed by atoms with Crippen LogP contribution in [-0.2, 0) is 21.6 Å². The van der Waals surface area contributed by atoms with Crippen molar-refractivity contribution in [3.05, 3.63) is 52.4 Å². The predicted octanol–water partition coefficient (Wildman–Crippen LogP) is 0.542. The maximum atomic E-state index is 8.89. The second-order valence-corrected chi connectivity index (χ2v) is 6.70. The maximum absolute atomic E-state index is 8.89. The molecule has 8 nitrogen and oxygen atoms in total. The van der Waals surface area contributed by atoms with Crippen LogP contribution in [0.5, 0.6) is 0 Å². The summed E-state index contributed by atoms with van der Waals surface area (Å²) in [5.41, 5.74) is 6.40. The van der Waals surface area contributed by atoms with Crippen LogP contribution in [0.25, 0.3) is 0 Å². The smallest absolute Gasteiger partial charge is 0.550 e. The van der Waals surface area contributed by atoms with E-state index >= 15 is 0 Å². The molecule has 0 saturated carbocycles. The Labute approximate surface area is 169 Å². The second kappa shape index (κ2) is 9.05. The Hall–Kier alpha value is -2.33. The van der Waals surface area contributed by atoms with E-state index in [-0.39, 0.29) is 16.8 Å². The number of carbonyl (C=O) groups excluding carboxylic acids is 1. The first-order valence-corrected chi connectivity index (χ1v) is 8.53. The van der Waals surface area contributed by atoms with Gasteiger partial charge in [0.1, 0.15) is 0 Å². The first-order valence-electron chi connectivity index (χ1n) is 8.53. The van der Waals surface area contributed by atoms with Crippen molar-refractivity contribution in [2.45, 2.75) is 48.5 Å². The molecule has 147 valence electrons. The molecule has 0 N–H and O–H groups in total. The molecule has 10 heteroatoms. The van der Waals surface area contributed by atoms with Crippen LogP contribution in [-0.4, -0.2) is 42.2 Å². The fourth-order valence-electron chi connectivity index (χ4n) is 3.26. The Bertz CT molecular complexity index is 816. The van der Waals surface area contributed by atoms with Gasteiger partial charge in [-0.15, -0.1) is 0 Å². The van der Waals surface area contributed by atoms with Gasteiger partial charge >= 0.3 is 23.9 Å². The van der Waals surface area contributed by atoms with Gasteiger partial charge in [-0.3, -0.25) is 0 Å². The molecule has 3 heterocycles. The number of rotatable bonds is 3. The molecule has 0 atom stereocenters. The zero-order chi connectivity index (χ0) is 19.6. The largest absolute Gasteiger partial charge is 2.00 e. The Kier molecular flexibility index (Phi) is 7.61. The molecular formula is C17H25BCoN6O2. The Morgan fingerprint density at radius 2 is 1.00 bits per heavy atom. The first kappa shape index (κ1) is 22.7. The van der Waals surface area contributed by atoms with Gasteiger partial charge in [0, 0.05) is 5.97 Å². The van der Waals surface area contributed by atoms with Gasteiger partial charge in [-0.1, -0.05) is 0 Å². The molecule has 0 aliphatic rings. The number of carboxylic acid groups (broad SMARTS) is 1. The fraction of sp³-hybridized carbons (Fsp3) is 0.412. The minimum absolute atomic E-state index is 0. The number of carboxylic acids is 1. The SMILES string of the molecule is CC(=O)[O-].Cc1cc(C)n([BH-](n2nc(C)cc2C)n2nc(C)cc2C)n1.[Co+2]. The van der Waals surface area contributed by atoms with E-state index in [0.717, 1.165) is 41.1 Å². The van der Waals surface area contributed by atoms with Gasteiger partial charge in [-0.05, 0) is 83.7 Å². The summed E-state index contributed by atoms with van der Waals surface area (Å²) in [6.45, 7) is 13.3. The Morgan fingerprint density at radius 1 is 0.778 bits per heavy atom. The van der Waals surface area contributed by atoms with Crippen LogP contribution in [0.15, 0.2) is 18.2 Å². The Balaban J connectivity index is 0.000000666. The number of carbonyl (C=O) groups is 1. The van der Waals surface area contributed by atoms with Crippen molar-refractivity contribution in [1.29, 1.82) is 0 Å². The van der Waals surface area contributed by atoms with Gasteiger partial charge in [0.2, 0.25) is 0 Å². The van der Waals surface area contributed by atoms with E-state index in [1.165, 1.54) is 0 Å². The molecule has 0 amide bonds. The minimum Gasteiger partial charge on any atom is -0.550 e. The van der Waals surface area contributed by atoms with Crippen LogP contribution in [0, 0.1) is 41.5 Å². The summed E-state index contributed by atoms with van der Waals surface area (Å²) < 4.78 is 6.19. The van der Waals surface area contributed by atoms with Crippen LogP contribution < -0.4 is 5.11 Å². The number of aromatic nitrogens is 6. The van der Waals surface area contributed by atoms with Crippen LogP contribution in [0.1, 0.15) is 41.1 Å².